The standard InChI is InChI=1S/C10H12FNO3/c1-12(5-6-13)10(15)9-7(11)3-2-4-8(9)14/h2-4,13-14H,5-6H2,1H3. The summed E-state index contributed by atoms with van der Waals surface area (Å²) in [5.41, 5.74) is -0.367. The molecule has 5 heteroatoms. The first-order chi connectivity index (χ1) is 7.07. The van der Waals surface area contributed by atoms with Crippen molar-refractivity contribution >= 4 is 5.91 Å². The van der Waals surface area contributed by atoms with E-state index >= 15 is 0 Å². The minimum absolute atomic E-state index is 0.0899. The Labute approximate surface area is 86.6 Å². The highest BCUT2D eigenvalue weighted by molar-refractivity contribution is 5.96. The molecule has 82 valence electrons. The molecule has 0 spiro atoms. The summed E-state index contributed by atoms with van der Waals surface area (Å²) in [5, 5.41) is 17.9. The van der Waals surface area contributed by atoms with E-state index in [4.69, 9.17) is 5.11 Å². The maximum Gasteiger partial charge on any atom is 0.260 e. The van der Waals surface area contributed by atoms with Crippen LogP contribution in [0, 0.1) is 5.82 Å². The van der Waals surface area contributed by atoms with Crippen LogP contribution in [0.5, 0.6) is 5.75 Å². The van der Waals surface area contributed by atoms with E-state index in [9.17, 15) is 14.3 Å². The van der Waals surface area contributed by atoms with Crippen LogP contribution in [0.25, 0.3) is 0 Å². The minimum atomic E-state index is -0.773. The Kier molecular flexibility index (Phi) is 3.62. The van der Waals surface area contributed by atoms with Crippen LogP contribution in [0.2, 0.25) is 0 Å². The summed E-state index contributed by atoms with van der Waals surface area (Å²) in [4.78, 5) is 12.7. The lowest BCUT2D eigenvalue weighted by atomic mass is 10.1. The molecule has 0 aliphatic rings. The topological polar surface area (TPSA) is 60.8 Å². The van der Waals surface area contributed by atoms with Gasteiger partial charge in [0.05, 0.1) is 6.61 Å². The summed E-state index contributed by atoms with van der Waals surface area (Å²) >= 11 is 0. The fourth-order valence-corrected chi connectivity index (χ4v) is 1.17. The average Bonchev–Trinajstić information content (AvgIpc) is 2.17. The Morgan fingerprint density at radius 2 is 2.20 bits per heavy atom. The lowest BCUT2D eigenvalue weighted by Gasteiger charge is -2.16. The zero-order valence-electron chi connectivity index (χ0n) is 8.27. The second-order valence-electron chi connectivity index (χ2n) is 3.08. The number of aliphatic hydroxyl groups is 1. The van der Waals surface area contributed by atoms with E-state index in [0.29, 0.717) is 0 Å². The number of hydrogen-bond acceptors (Lipinski definition) is 3. The van der Waals surface area contributed by atoms with Crippen molar-refractivity contribution in [3.63, 3.8) is 0 Å². The monoisotopic (exact) mass is 213 g/mol. The molecule has 4 nitrogen and oxygen atoms in total. The van der Waals surface area contributed by atoms with Gasteiger partial charge in [0.25, 0.3) is 5.91 Å². The zero-order chi connectivity index (χ0) is 11.4. The number of carbonyl (C=O) groups excluding carboxylic acids is 1. The first kappa shape index (κ1) is 11.5. The molecule has 1 rings (SSSR count). The van der Waals surface area contributed by atoms with E-state index < -0.39 is 17.5 Å². The summed E-state index contributed by atoms with van der Waals surface area (Å²) in [6, 6.07) is 3.65. The van der Waals surface area contributed by atoms with E-state index in [0.717, 1.165) is 11.0 Å². The number of benzene rings is 1. The van der Waals surface area contributed by atoms with Crippen LogP contribution in [-0.4, -0.2) is 41.2 Å². The van der Waals surface area contributed by atoms with Crippen molar-refractivity contribution in [2.45, 2.75) is 0 Å². The Morgan fingerprint density at radius 3 is 2.73 bits per heavy atom. The molecule has 0 aromatic heterocycles. The molecule has 0 atom stereocenters. The number of rotatable bonds is 3. The number of phenolic OH excluding ortho intramolecular Hbond substituents is 1. The molecule has 0 fully saturated rings. The van der Waals surface area contributed by atoms with Gasteiger partial charge in [-0.2, -0.15) is 0 Å². The van der Waals surface area contributed by atoms with Gasteiger partial charge in [-0.25, -0.2) is 4.39 Å². The van der Waals surface area contributed by atoms with Gasteiger partial charge in [-0.05, 0) is 12.1 Å². The highest BCUT2D eigenvalue weighted by Crippen LogP contribution is 2.20. The van der Waals surface area contributed by atoms with E-state index in [1.807, 2.05) is 0 Å². The molecule has 0 bridgehead atoms. The number of aromatic hydroxyl groups is 1. The van der Waals surface area contributed by atoms with Crippen LogP contribution >= 0.6 is 0 Å². The van der Waals surface area contributed by atoms with Crippen LogP contribution in [0.4, 0.5) is 4.39 Å². The van der Waals surface area contributed by atoms with Crippen LogP contribution < -0.4 is 0 Å². The van der Waals surface area contributed by atoms with Gasteiger partial charge in [-0.3, -0.25) is 4.79 Å². The molecule has 0 radical (unpaired) electrons. The average molecular weight is 213 g/mol. The summed E-state index contributed by atoms with van der Waals surface area (Å²) in [7, 11) is 1.42. The van der Waals surface area contributed by atoms with E-state index in [1.165, 1.54) is 19.2 Å². The number of amides is 1. The number of likely N-dealkylation sites (N-methyl/N-ethyl adjacent to an activating group) is 1. The SMILES string of the molecule is CN(CCO)C(=O)c1c(O)cccc1F. The summed E-state index contributed by atoms with van der Waals surface area (Å²) < 4.78 is 13.2. The number of phenols is 1. The molecule has 15 heavy (non-hydrogen) atoms. The maximum atomic E-state index is 13.2. The third-order valence-corrected chi connectivity index (χ3v) is 1.99. The first-order valence-corrected chi connectivity index (χ1v) is 4.41. The van der Waals surface area contributed by atoms with Crippen LogP contribution in [0.1, 0.15) is 10.4 Å². The molecule has 1 amide bonds. The minimum Gasteiger partial charge on any atom is -0.507 e. The quantitative estimate of drug-likeness (QED) is 0.772. The Morgan fingerprint density at radius 1 is 1.53 bits per heavy atom. The maximum absolute atomic E-state index is 13.2. The molecule has 1 aromatic carbocycles. The molecular weight excluding hydrogens is 201 g/mol. The van der Waals surface area contributed by atoms with Crippen LogP contribution in [-0.2, 0) is 0 Å². The lowest BCUT2D eigenvalue weighted by Crippen LogP contribution is -2.30. The van der Waals surface area contributed by atoms with Crippen molar-refractivity contribution < 1.29 is 19.4 Å². The molecule has 0 saturated heterocycles. The fraction of sp³-hybridized carbons (Fsp3) is 0.300. The normalized spacial score (nSPS) is 10.1. The van der Waals surface area contributed by atoms with Crippen molar-refractivity contribution in [2.24, 2.45) is 0 Å². The molecule has 0 saturated carbocycles. The van der Waals surface area contributed by atoms with Crippen LogP contribution in [0.15, 0.2) is 18.2 Å². The summed E-state index contributed by atoms with van der Waals surface area (Å²) in [6.45, 7) is -0.121. The highest BCUT2D eigenvalue weighted by Gasteiger charge is 2.19. The van der Waals surface area contributed by atoms with E-state index in [1.54, 1.807) is 0 Å². The van der Waals surface area contributed by atoms with Gasteiger partial charge in [-0.15, -0.1) is 0 Å². The largest absolute Gasteiger partial charge is 0.507 e. The van der Waals surface area contributed by atoms with Gasteiger partial charge >= 0.3 is 0 Å². The molecule has 2 N–H and O–H groups in total. The number of carbonyl (C=O) groups is 1. The van der Waals surface area contributed by atoms with Gasteiger partial charge in [0.15, 0.2) is 0 Å². The molecule has 0 aliphatic heterocycles. The third-order valence-electron chi connectivity index (χ3n) is 1.99. The number of hydrogen-bond donors (Lipinski definition) is 2. The van der Waals surface area contributed by atoms with E-state index in [2.05, 4.69) is 0 Å². The number of halogens is 1. The van der Waals surface area contributed by atoms with Gasteiger partial charge in [0.1, 0.15) is 17.1 Å². The number of aliphatic hydroxyl groups excluding tert-OH is 1. The van der Waals surface area contributed by atoms with Gasteiger partial charge in [0, 0.05) is 13.6 Å². The Balaban J connectivity index is 3.00. The van der Waals surface area contributed by atoms with Crippen molar-refractivity contribution in [1.82, 2.24) is 4.90 Å². The third kappa shape index (κ3) is 2.44. The van der Waals surface area contributed by atoms with E-state index in [-0.39, 0.29) is 18.7 Å². The number of nitrogens with zero attached hydrogens (tertiary/aromatic N) is 1. The lowest BCUT2D eigenvalue weighted by molar-refractivity contribution is 0.0759. The molecular formula is C10H12FNO3. The van der Waals surface area contributed by atoms with Crippen LogP contribution in [0.3, 0.4) is 0 Å². The van der Waals surface area contributed by atoms with Crippen molar-refractivity contribution in [2.75, 3.05) is 20.2 Å². The Hall–Kier alpha value is -1.62. The zero-order valence-corrected chi connectivity index (χ0v) is 8.27. The summed E-state index contributed by atoms with van der Waals surface area (Å²) in [5.74, 6) is -1.82. The molecule has 0 aliphatic carbocycles. The molecule has 1 aromatic rings. The highest BCUT2D eigenvalue weighted by atomic mass is 19.1. The first-order valence-electron chi connectivity index (χ1n) is 4.41. The van der Waals surface area contributed by atoms with Crippen molar-refractivity contribution in [1.29, 1.82) is 0 Å². The van der Waals surface area contributed by atoms with Gasteiger partial charge < -0.3 is 15.1 Å². The predicted octanol–water partition coefficient (Wildman–Crippen LogP) is 0.596. The van der Waals surface area contributed by atoms with Gasteiger partial charge in [-0.1, -0.05) is 6.07 Å². The second-order valence-corrected chi connectivity index (χ2v) is 3.08. The smallest absolute Gasteiger partial charge is 0.260 e. The summed E-state index contributed by atoms with van der Waals surface area (Å²) in [6.07, 6.45) is 0. The van der Waals surface area contributed by atoms with Crippen molar-refractivity contribution in [3.05, 3.63) is 29.6 Å². The fourth-order valence-electron chi connectivity index (χ4n) is 1.17. The molecule has 0 unspecified atom stereocenters. The van der Waals surface area contributed by atoms with Crippen molar-refractivity contribution in [3.8, 4) is 5.75 Å². The Bertz CT molecular complexity index is 347. The second kappa shape index (κ2) is 4.75. The molecule has 0 heterocycles. The predicted molar refractivity (Wildman–Crippen MR) is 52.1 cm³/mol. The van der Waals surface area contributed by atoms with Gasteiger partial charge in [0.2, 0.25) is 0 Å².